The highest BCUT2D eigenvalue weighted by Gasteiger charge is 2.15. The average Bonchev–Trinajstić information content (AvgIpc) is 2.65. The molecule has 0 aliphatic heterocycles. The van der Waals surface area contributed by atoms with Crippen LogP contribution in [0.1, 0.15) is 57.6 Å². The number of hydrogen-bond donors (Lipinski definition) is 3. The number of carbonyl (C=O) groups is 3. The Balaban J connectivity index is 2.02. The van der Waals surface area contributed by atoms with Gasteiger partial charge in [-0.15, -0.1) is 0 Å². The van der Waals surface area contributed by atoms with E-state index in [-0.39, 0.29) is 24.8 Å². The van der Waals surface area contributed by atoms with Crippen molar-refractivity contribution in [2.75, 3.05) is 26.2 Å². The number of rotatable bonds is 12. The first-order valence-corrected chi connectivity index (χ1v) is 10.8. The molecule has 3 N–H and O–H groups in total. The third kappa shape index (κ3) is 12.5. The topological polar surface area (TPSA) is 106 Å². The van der Waals surface area contributed by atoms with Crippen molar-refractivity contribution in [2.45, 2.75) is 65.9 Å². The van der Waals surface area contributed by atoms with Crippen LogP contribution >= 0.6 is 0 Å². The van der Waals surface area contributed by atoms with Gasteiger partial charge in [0.05, 0.1) is 6.61 Å². The summed E-state index contributed by atoms with van der Waals surface area (Å²) in [5.41, 5.74) is 1.61. The van der Waals surface area contributed by atoms with Crippen LogP contribution in [0.15, 0.2) is 18.2 Å². The molecule has 8 heteroatoms. The third-order valence-electron chi connectivity index (χ3n) is 4.22. The fourth-order valence-electron chi connectivity index (χ4n) is 2.75. The maximum atomic E-state index is 11.9. The molecule has 0 atom stereocenters. The number of alkyl carbamates (subject to hydrolysis) is 1. The highest BCUT2D eigenvalue weighted by Crippen LogP contribution is 2.22. The fourth-order valence-corrected chi connectivity index (χ4v) is 2.75. The van der Waals surface area contributed by atoms with E-state index in [0.29, 0.717) is 39.0 Å². The predicted octanol–water partition coefficient (Wildman–Crippen LogP) is 3.00. The lowest BCUT2D eigenvalue weighted by atomic mass is 10.1. The van der Waals surface area contributed by atoms with E-state index in [2.05, 4.69) is 16.0 Å². The summed E-state index contributed by atoms with van der Waals surface area (Å²) in [5.74, 6) is 0.698. The molecule has 3 amide bonds. The lowest BCUT2D eigenvalue weighted by Crippen LogP contribution is -2.35. The molecule has 31 heavy (non-hydrogen) atoms. The van der Waals surface area contributed by atoms with E-state index < -0.39 is 11.7 Å². The molecule has 8 nitrogen and oxygen atoms in total. The number of ether oxygens (including phenoxy) is 2. The van der Waals surface area contributed by atoms with E-state index in [4.69, 9.17) is 9.47 Å². The van der Waals surface area contributed by atoms with Crippen molar-refractivity contribution in [1.29, 1.82) is 0 Å². The van der Waals surface area contributed by atoms with Crippen molar-refractivity contribution in [2.24, 2.45) is 0 Å². The van der Waals surface area contributed by atoms with E-state index in [1.807, 2.05) is 32.0 Å². The van der Waals surface area contributed by atoms with Gasteiger partial charge < -0.3 is 25.4 Å². The smallest absolute Gasteiger partial charge is 0.407 e. The van der Waals surface area contributed by atoms with Crippen LogP contribution in [0.25, 0.3) is 0 Å². The second kappa shape index (κ2) is 13.5. The Bertz CT molecular complexity index is 708. The van der Waals surface area contributed by atoms with E-state index in [1.165, 1.54) is 0 Å². The molecule has 0 fully saturated rings. The number of carbonyl (C=O) groups excluding carboxylic acids is 3. The summed E-state index contributed by atoms with van der Waals surface area (Å²) in [6, 6.07) is 6.01. The second-order valence-corrected chi connectivity index (χ2v) is 8.41. The zero-order valence-corrected chi connectivity index (χ0v) is 19.4. The minimum absolute atomic E-state index is 0.0296. The third-order valence-corrected chi connectivity index (χ3v) is 4.22. The zero-order valence-electron chi connectivity index (χ0n) is 19.4. The molecular weight excluding hydrogens is 398 g/mol. The highest BCUT2D eigenvalue weighted by atomic mass is 16.6. The van der Waals surface area contributed by atoms with E-state index in [0.717, 1.165) is 16.9 Å². The van der Waals surface area contributed by atoms with Crippen molar-refractivity contribution < 1.29 is 23.9 Å². The molecule has 1 rings (SSSR count). The van der Waals surface area contributed by atoms with Crippen LogP contribution in [0.2, 0.25) is 0 Å². The molecule has 0 aliphatic carbocycles. The molecule has 0 aliphatic rings. The maximum absolute atomic E-state index is 11.9. The number of nitrogens with one attached hydrogen (secondary N) is 3. The van der Waals surface area contributed by atoms with Crippen molar-refractivity contribution in [3.8, 4) is 5.75 Å². The van der Waals surface area contributed by atoms with Gasteiger partial charge in [-0.1, -0.05) is 18.2 Å². The first kappa shape index (κ1) is 26.3. The molecule has 1 aromatic carbocycles. The number of hydrogen-bond acceptors (Lipinski definition) is 5. The largest absolute Gasteiger partial charge is 0.493 e. The average molecular weight is 436 g/mol. The van der Waals surface area contributed by atoms with Crippen molar-refractivity contribution in [1.82, 2.24) is 16.0 Å². The van der Waals surface area contributed by atoms with Crippen LogP contribution in [0.3, 0.4) is 0 Å². The number of aryl methyl sites for hydroxylation is 2. The molecule has 0 aromatic heterocycles. The van der Waals surface area contributed by atoms with E-state index >= 15 is 0 Å². The molecule has 1 aromatic rings. The summed E-state index contributed by atoms with van der Waals surface area (Å²) in [6.07, 6.45) is 1.30. The van der Waals surface area contributed by atoms with Gasteiger partial charge in [0.2, 0.25) is 11.8 Å². The monoisotopic (exact) mass is 435 g/mol. The van der Waals surface area contributed by atoms with Gasteiger partial charge in [0.15, 0.2) is 0 Å². The van der Waals surface area contributed by atoms with Crippen LogP contribution in [0.4, 0.5) is 4.79 Å². The summed E-state index contributed by atoms with van der Waals surface area (Å²) in [5, 5.41) is 8.13. The maximum Gasteiger partial charge on any atom is 0.407 e. The van der Waals surface area contributed by atoms with Gasteiger partial charge in [-0.05, 0) is 58.6 Å². The molecule has 0 saturated heterocycles. The molecule has 174 valence electrons. The first-order chi connectivity index (χ1) is 14.6. The Morgan fingerprint density at radius 2 is 1.42 bits per heavy atom. The van der Waals surface area contributed by atoms with Crippen molar-refractivity contribution in [3.63, 3.8) is 0 Å². The predicted molar refractivity (Wildman–Crippen MR) is 120 cm³/mol. The molecule has 0 heterocycles. The summed E-state index contributed by atoms with van der Waals surface area (Å²) in [6.45, 7) is 11.0. The summed E-state index contributed by atoms with van der Waals surface area (Å²) in [4.78, 5) is 35.1. The van der Waals surface area contributed by atoms with Crippen molar-refractivity contribution >= 4 is 17.9 Å². The van der Waals surface area contributed by atoms with Gasteiger partial charge in [-0.25, -0.2) is 4.79 Å². The molecule has 0 saturated carbocycles. The van der Waals surface area contributed by atoms with Crippen LogP contribution in [-0.4, -0.2) is 49.7 Å². The highest BCUT2D eigenvalue weighted by molar-refractivity contribution is 5.77. The van der Waals surface area contributed by atoms with Crippen LogP contribution in [0, 0.1) is 13.8 Å². The molecular formula is C23H37N3O5. The Kier molecular flexibility index (Phi) is 11.5. The van der Waals surface area contributed by atoms with Crippen LogP contribution < -0.4 is 20.7 Å². The standard InChI is InChI=1S/C23H37N3O5/c1-17-9-6-10-18(2)21(17)30-16-7-11-19(27)24-13-8-14-25-20(28)12-15-26-22(29)31-23(3,4)5/h6,9-10H,7-8,11-16H2,1-5H3,(H,24,27)(H,25,28)(H,26,29). The Hall–Kier alpha value is -2.77. The molecule has 0 bridgehead atoms. The summed E-state index contributed by atoms with van der Waals surface area (Å²) >= 11 is 0. The Morgan fingerprint density at radius 3 is 2.00 bits per heavy atom. The lowest BCUT2D eigenvalue weighted by Gasteiger charge is -2.19. The number of amides is 3. The number of para-hydroxylation sites is 1. The lowest BCUT2D eigenvalue weighted by molar-refractivity contribution is -0.121. The second-order valence-electron chi connectivity index (χ2n) is 8.41. The molecule has 0 unspecified atom stereocenters. The Morgan fingerprint density at radius 1 is 0.839 bits per heavy atom. The fraction of sp³-hybridized carbons (Fsp3) is 0.609. The van der Waals surface area contributed by atoms with Crippen LogP contribution in [-0.2, 0) is 14.3 Å². The van der Waals surface area contributed by atoms with Gasteiger partial charge in [-0.2, -0.15) is 0 Å². The summed E-state index contributed by atoms with van der Waals surface area (Å²) in [7, 11) is 0. The summed E-state index contributed by atoms with van der Waals surface area (Å²) < 4.78 is 10.9. The van der Waals surface area contributed by atoms with Crippen LogP contribution in [0.5, 0.6) is 5.75 Å². The molecule has 0 radical (unpaired) electrons. The minimum atomic E-state index is -0.566. The van der Waals surface area contributed by atoms with E-state index in [9.17, 15) is 14.4 Å². The van der Waals surface area contributed by atoms with Gasteiger partial charge in [0.25, 0.3) is 0 Å². The Labute approximate surface area is 185 Å². The van der Waals surface area contributed by atoms with Crippen molar-refractivity contribution in [3.05, 3.63) is 29.3 Å². The minimum Gasteiger partial charge on any atom is -0.493 e. The van der Waals surface area contributed by atoms with Gasteiger partial charge in [-0.3, -0.25) is 9.59 Å². The van der Waals surface area contributed by atoms with Gasteiger partial charge in [0.1, 0.15) is 11.4 Å². The first-order valence-electron chi connectivity index (χ1n) is 10.8. The quantitative estimate of drug-likeness (QED) is 0.438. The zero-order chi connectivity index (χ0) is 23.3. The normalized spacial score (nSPS) is 10.9. The molecule has 0 spiro atoms. The SMILES string of the molecule is Cc1cccc(C)c1OCCCC(=O)NCCCNC(=O)CCNC(=O)OC(C)(C)C. The van der Waals surface area contributed by atoms with Gasteiger partial charge >= 0.3 is 6.09 Å². The number of benzene rings is 1. The van der Waals surface area contributed by atoms with E-state index in [1.54, 1.807) is 20.8 Å². The van der Waals surface area contributed by atoms with Gasteiger partial charge in [0, 0.05) is 32.5 Å².